The molecule has 5 heteroatoms. The molecule has 0 saturated carbocycles. The summed E-state index contributed by atoms with van der Waals surface area (Å²) < 4.78 is 0. The number of hydrogen-bond acceptors (Lipinski definition) is 4. The van der Waals surface area contributed by atoms with E-state index in [1.54, 1.807) is 0 Å². The first-order valence-corrected chi connectivity index (χ1v) is 4.67. The third-order valence-corrected chi connectivity index (χ3v) is 2.31. The highest BCUT2D eigenvalue weighted by molar-refractivity contribution is 6.28. The Balaban J connectivity index is 2.50. The highest BCUT2D eigenvalue weighted by Crippen LogP contribution is 2.22. The first-order chi connectivity index (χ1) is 8.17. The van der Waals surface area contributed by atoms with E-state index in [1.165, 1.54) is 18.2 Å². The van der Waals surface area contributed by atoms with Crippen LogP contribution in [0.1, 0.15) is 11.1 Å². The number of benzene rings is 1. The zero-order valence-electron chi connectivity index (χ0n) is 8.54. The Labute approximate surface area is 96.8 Å². The predicted octanol–water partition coefficient (Wildman–Crippen LogP) is 0.859. The molecule has 0 radical (unpaired) electrons. The summed E-state index contributed by atoms with van der Waals surface area (Å²) in [7, 11) is 0. The quantitative estimate of drug-likeness (QED) is 0.661. The van der Waals surface area contributed by atoms with Crippen molar-refractivity contribution in [2.75, 3.05) is 4.90 Å². The van der Waals surface area contributed by atoms with Crippen molar-refractivity contribution in [2.45, 2.75) is 0 Å². The second-order valence-electron chi connectivity index (χ2n) is 3.30. The van der Waals surface area contributed by atoms with Crippen LogP contribution in [0.5, 0.6) is 0 Å². The minimum atomic E-state index is -0.455. The van der Waals surface area contributed by atoms with Gasteiger partial charge in [-0.05, 0) is 18.2 Å². The van der Waals surface area contributed by atoms with E-state index in [4.69, 9.17) is 10.5 Å². The van der Waals surface area contributed by atoms with Crippen molar-refractivity contribution in [1.82, 2.24) is 0 Å². The molecule has 1 heterocycles. The highest BCUT2D eigenvalue weighted by Gasteiger charge is 2.25. The van der Waals surface area contributed by atoms with Gasteiger partial charge in [0.25, 0.3) is 11.8 Å². The third-order valence-electron chi connectivity index (χ3n) is 2.31. The molecule has 1 aromatic rings. The summed E-state index contributed by atoms with van der Waals surface area (Å²) in [4.78, 5) is 23.8. The normalized spacial score (nSPS) is 13.6. The summed E-state index contributed by atoms with van der Waals surface area (Å²) in [5.41, 5.74) is 0.640. The number of anilines is 1. The van der Waals surface area contributed by atoms with Gasteiger partial charge in [-0.25, -0.2) is 4.90 Å². The van der Waals surface area contributed by atoms with Gasteiger partial charge in [0.05, 0.1) is 16.8 Å². The standard InChI is InChI=1S/C12H5N3O2/c13-6-8-1-2-10(5-9(8)7-14)15-11(16)3-4-12(15)17/h1-5H. The third kappa shape index (κ3) is 1.66. The number of carbonyl (C=O) groups excluding carboxylic acids is 2. The topological polar surface area (TPSA) is 85.0 Å². The van der Waals surface area contributed by atoms with E-state index in [-0.39, 0.29) is 11.1 Å². The molecule has 2 rings (SSSR count). The molecule has 1 aliphatic rings. The molecule has 0 N–H and O–H groups in total. The fourth-order valence-corrected chi connectivity index (χ4v) is 1.52. The fraction of sp³-hybridized carbons (Fsp3) is 0. The molecule has 0 atom stereocenters. The van der Waals surface area contributed by atoms with Crippen molar-refractivity contribution in [1.29, 1.82) is 10.5 Å². The number of rotatable bonds is 1. The molecule has 80 valence electrons. The minimum absolute atomic E-state index is 0.137. The van der Waals surface area contributed by atoms with E-state index in [0.29, 0.717) is 5.69 Å². The number of carbonyl (C=O) groups is 2. The van der Waals surface area contributed by atoms with Gasteiger partial charge < -0.3 is 0 Å². The van der Waals surface area contributed by atoms with Gasteiger partial charge >= 0.3 is 0 Å². The molecule has 17 heavy (non-hydrogen) atoms. The molecule has 0 unspecified atom stereocenters. The summed E-state index contributed by atoms with van der Waals surface area (Å²) in [6.07, 6.45) is 2.32. The lowest BCUT2D eigenvalue weighted by Crippen LogP contribution is -2.29. The molecular formula is C12H5N3O2. The maximum Gasteiger partial charge on any atom is 0.258 e. The van der Waals surface area contributed by atoms with Crippen LogP contribution in [0.4, 0.5) is 5.69 Å². The maximum absolute atomic E-state index is 11.4. The molecule has 0 aliphatic carbocycles. The monoisotopic (exact) mass is 223 g/mol. The van der Waals surface area contributed by atoms with Gasteiger partial charge in [0.1, 0.15) is 12.1 Å². The summed E-state index contributed by atoms with van der Waals surface area (Å²) in [5.74, 6) is -0.910. The maximum atomic E-state index is 11.4. The van der Waals surface area contributed by atoms with Gasteiger partial charge in [0.15, 0.2) is 0 Å². The first kappa shape index (κ1) is 10.6. The highest BCUT2D eigenvalue weighted by atomic mass is 16.2. The molecule has 5 nitrogen and oxygen atoms in total. The van der Waals surface area contributed by atoms with Gasteiger partial charge in [-0.1, -0.05) is 0 Å². The van der Waals surface area contributed by atoms with Crippen LogP contribution in [0.25, 0.3) is 0 Å². The van der Waals surface area contributed by atoms with Crippen molar-refractivity contribution < 1.29 is 9.59 Å². The Hall–Kier alpha value is -2.92. The van der Waals surface area contributed by atoms with Gasteiger partial charge in [-0.15, -0.1) is 0 Å². The van der Waals surface area contributed by atoms with Crippen molar-refractivity contribution >= 4 is 17.5 Å². The molecule has 0 spiro atoms. The second kappa shape index (κ2) is 3.92. The molecule has 0 saturated heterocycles. The molecular weight excluding hydrogens is 218 g/mol. The molecule has 0 bridgehead atoms. The fourth-order valence-electron chi connectivity index (χ4n) is 1.52. The number of amides is 2. The predicted molar refractivity (Wildman–Crippen MR) is 57.5 cm³/mol. The number of hydrogen-bond donors (Lipinski definition) is 0. The summed E-state index contributed by atoms with van der Waals surface area (Å²) in [6, 6.07) is 7.93. The first-order valence-electron chi connectivity index (χ1n) is 4.67. The van der Waals surface area contributed by atoms with Crippen LogP contribution in [0, 0.1) is 22.7 Å². The number of imide groups is 1. The van der Waals surface area contributed by atoms with Crippen molar-refractivity contribution in [2.24, 2.45) is 0 Å². The van der Waals surface area contributed by atoms with Crippen LogP contribution in [0.15, 0.2) is 30.4 Å². The summed E-state index contributed by atoms with van der Waals surface area (Å²) >= 11 is 0. The SMILES string of the molecule is N#Cc1ccc(N2C(=O)C=CC2=O)cc1C#N. The van der Waals surface area contributed by atoms with Crippen molar-refractivity contribution in [3.05, 3.63) is 41.5 Å². The van der Waals surface area contributed by atoms with Crippen molar-refractivity contribution in [3.8, 4) is 12.1 Å². The lowest BCUT2D eigenvalue weighted by atomic mass is 10.1. The lowest BCUT2D eigenvalue weighted by molar-refractivity contribution is -0.119. The van der Waals surface area contributed by atoms with Crippen LogP contribution in [0.2, 0.25) is 0 Å². The van der Waals surface area contributed by atoms with Crippen LogP contribution < -0.4 is 4.90 Å². The van der Waals surface area contributed by atoms with E-state index in [9.17, 15) is 9.59 Å². The average Bonchev–Trinajstić information content (AvgIpc) is 2.68. The molecule has 1 aliphatic heterocycles. The van der Waals surface area contributed by atoms with E-state index in [2.05, 4.69) is 0 Å². The number of nitriles is 2. The van der Waals surface area contributed by atoms with Gasteiger partial charge in [0, 0.05) is 12.2 Å². The van der Waals surface area contributed by atoms with Crippen LogP contribution in [-0.2, 0) is 9.59 Å². The Kier molecular flexibility index (Phi) is 2.44. The minimum Gasteiger partial charge on any atom is -0.269 e. The van der Waals surface area contributed by atoms with Crippen molar-refractivity contribution in [3.63, 3.8) is 0 Å². The average molecular weight is 223 g/mol. The number of nitrogens with zero attached hydrogens (tertiary/aromatic N) is 3. The molecule has 1 aromatic carbocycles. The largest absolute Gasteiger partial charge is 0.269 e. The van der Waals surface area contributed by atoms with E-state index < -0.39 is 11.8 Å². The van der Waals surface area contributed by atoms with E-state index in [1.807, 2.05) is 12.1 Å². The smallest absolute Gasteiger partial charge is 0.258 e. The summed E-state index contributed by atoms with van der Waals surface area (Å²) in [5, 5.41) is 17.6. The zero-order chi connectivity index (χ0) is 12.4. The second-order valence-corrected chi connectivity index (χ2v) is 3.30. The molecule has 0 fully saturated rings. The van der Waals surface area contributed by atoms with Gasteiger partial charge in [0.2, 0.25) is 0 Å². The van der Waals surface area contributed by atoms with Crippen LogP contribution in [-0.4, -0.2) is 11.8 Å². The Morgan fingerprint density at radius 2 is 1.53 bits per heavy atom. The Morgan fingerprint density at radius 3 is 2.06 bits per heavy atom. The van der Waals surface area contributed by atoms with Gasteiger partial charge in [-0.3, -0.25) is 9.59 Å². The van der Waals surface area contributed by atoms with Gasteiger partial charge in [-0.2, -0.15) is 10.5 Å². The van der Waals surface area contributed by atoms with Crippen LogP contribution in [0.3, 0.4) is 0 Å². The lowest BCUT2D eigenvalue weighted by Gasteiger charge is -2.13. The summed E-state index contributed by atoms with van der Waals surface area (Å²) in [6.45, 7) is 0. The zero-order valence-corrected chi connectivity index (χ0v) is 8.54. The molecule has 0 aromatic heterocycles. The van der Waals surface area contributed by atoms with E-state index in [0.717, 1.165) is 17.1 Å². The Bertz CT molecular complexity index is 614. The van der Waals surface area contributed by atoms with E-state index >= 15 is 0 Å². The Morgan fingerprint density at radius 1 is 0.941 bits per heavy atom. The molecule has 2 amide bonds. The van der Waals surface area contributed by atoms with Crippen LogP contribution >= 0.6 is 0 Å².